The molecule has 5 heteroatoms. The van der Waals surface area contributed by atoms with Gasteiger partial charge in [0.15, 0.2) is 0 Å². The fraction of sp³-hybridized carbons (Fsp3) is 0.800. The van der Waals surface area contributed by atoms with Crippen LogP contribution in [0.5, 0.6) is 0 Å². The van der Waals surface area contributed by atoms with Crippen LogP contribution in [0, 0.1) is 0 Å². The maximum absolute atomic E-state index is 10.1. The summed E-state index contributed by atoms with van der Waals surface area (Å²) in [6.07, 6.45) is 0.776. The molecule has 0 aromatic heterocycles. The van der Waals surface area contributed by atoms with Crippen molar-refractivity contribution >= 4 is 18.6 Å². The fourth-order valence-corrected chi connectivity index (χ4v) is 0.679. The second kappa shape index (κ2) is 5.02. The summed E-state index contributed by atoms with van der Waals surface area (Å²) in [5.41, 5.74) is 0. The van der Waals surface area contributed by atoms with E-state index >= 15 is 0 Å². The molecule has 1 atom stereocenters. The molecular weight excluding hydrogens is 204 g/mol. The van der Waals surface area contributed by atoms with E-state index in [1.165, 1.54) is 0 Å². The topological polar surface area (TPSA) is 57.5 Å². The van der Waals surface area contributed by atoms with Crippen molar-refractivity contribution in [2.24, 2.45) is 0 Å². The van der Waals surface area contributed by atoms with Crippen molar-refractivity contribution in [1.29, 1.82) is 0 Å². The zero-order valence-corrected chi connectivity index (χ0v) is 7.30. The summed E-state index contributed by atoms with van der Waals surface area (Å²) in [5.74, 6) is -1.28. The van der Waals surface area contributed by atoms with Crippen molar-refractivity contribution in [3.63, 3.8) is 0 Å². The van der Waals surface area contributed by atoms with Crippen LogP contribution < -0.4 is 0 Å². The average molecular weight is 214 g/mol. The number of aliphatic carboxylic acids is 1. The van der Waals surface area contributed by atoms with Gasteiger partial charge in [0.25, 0.3) is 0 Å². The van der Waals surface area contributed by atoms with Crippen molar-refractivity contribution in [3.8, 4) is 0 Å². The number of hydrogen-bond acceptors (Lipinski definition) is 3. The minimum Gasteiger partial charge on any atom is -0.478 e. The Morgan fingerprint density at radius 2 is 2.10 bits per heavy atom. The van der Waals surface area contributed by atoms with E-state index in [-0.39, 0.29) is 23.5 Å². The molecule has 65 valence electrons. The summed E-state index contributed by atoms with van der Waals surface area (Å²) >= 11 is 3.52. The number of aliphatic hydroxyl groups is 1. The molecule has 0 aliphatic rings. The second-order valence-electron chi connectivity index (χ2n) is 1.87. The van der Waals surface area contributed by atoms with Crippen molar-refractivity contribution in [2.45, 2.75) is 24.7 Å². The molecule has 0 aliphatic carbocycles. The van der Waals surface area contributed by atoms with E-state index in [1.54, 1.807) is 6.92 Å². The van der Waals surface area contributed by atoms with Gasteiger partial charge in [-0.1, -0.05) is 13.3 Å². The Morgan fingerprint density at radius 1 is 1.70 bits per heavy atom. The molecule has 0 saturated heterocycles. The van der Waals surface area contributed by atoms with Crippen LogP contribution in [0.15, 0.2) is 0 Å². The maximum atomic E-state index is 10.1. The van der Waals surface area contributed by atoms with Crippen molar-refractivity contribution in [3.05, 3.63) is 0 Å². The third kappa shape index (κ3) is 4.17. The van der Waals surface area contributed by atoms with Gasteiger partial charge < -0.3 is 10.2 Å². The predicted octanol–water partition coefficient (Wildman–Crippen LogP) is 0.487. The number of carboxylic acids is 1. The minimum absolute atomic E-state index is 0. The molecule has 1 unspecified atom stereocenters. The van der Waals surface area contributed by atoms with Crippen molar-refractivity contribution < 1.29 is 32.1 Å². The first-order valence-corrected chi connectivity index (χ1v) is 3.13. The van der Waals surface area contributed by atoms with Crippen LogP contribution in [0.2, 0.25) is 0 Å². The number of hydrogen-bond donors (Lipinski definition) is 3. The van der Waals surface area contributed by atoms with Crippen molar-refractivity contribution in [1.82, 2.24) is 0 Å². The van der Waals surface area contributed by atoms with E-state index in [0.29, 0.717) is 6.42 Å². The van der Waals surface area contributed by atoms with Crippen molar-refractivity contribution in [2.75, 3.05) is 0 Å². The summed E-state index contributed by atoms with van der Waals surface area (Å²) < 4.78 is 0. The molecule has 0 fully saturated rings. The molecule has 0 spiro atoms. The largest absolute Gasteiger partial charge is 0.478 e. The van der Waals surface area contributed by atoms with E-state index in [1.807, 2.05) is 0 Å². The van der Waals surface area contributed by atoms with E-state index < -0.39 is 10.9 Å². The molecule has 0 aromatic carbocycles. The number of carboxylic acid groups (broad SMARTS) is 1. The second-order valence-corrected chi connectivity index (χ2v) is 2.61. The van der Waals surface area contributed by atoms with Crippen LogP contribution in [-0.4, -0.2) is 21.1 Å². The molecule has 1 radical (unpaired) electrons. The van der Waals surface area contributed by atoms with Gasteiger partial charge in [-0.3, -0.25) is 0 Å². The molecule has 3 nitrogen and oxygen atoms in total. The smallest absolute Gasteiger partial charge is 0.346 e. The Bertz CT molecular complexity index is 115. The third-order valence-electron chi connectivity index (χ3n) is 0.941. The van der Waals surface area contributed by atoms with Crippen LogP contribution in [0.3, 0.4) is 0 Å². The predicted molar refractivity (Wildman–Crippen MR) is 36.5 cm³/mol. The summed E-state index contributed by atoms with van der Waals surface area (Å²) in [4.78, 5) is 8.25. The standard InChI is InChI=1S/C5H10O3S.Cu/c1-2-3-5(8,9)4(6)7;/h8-9H,2-3H2,1H3,(H,6,7);. The van der Waals surface area contributed by atoms with Gasteiger partial charge in [0.05, 0.1) is 0 Å². The monoisotopic (exact) mass is 213 g/mol. The van der Waals surface area contributed by atoms with Crippen LogP contribution in [0.1, 0.15) is 19.8 Å². The molecule has 0 bridgehead atoms. The minimum atomic E-state index is -1.84. The zero-order chi connectivity index (χ0) is 7.49. The Kier molecular flexibility index (Phi) is 6.49. The molecule has 0 amide bonds. The molecule has 0 aliphatic heterocycles. The first-order valence-electron chi connectivity index (χ1n) is 2.69. The zero-order valence-electron chi connectivity index (χ0n) is 5.47. The Balaban J connectivity index is 0. The quantitative estimate of drug-likeness (QED) is 0.363. The van der Waals surface area contributed by atoms with E-state index in [4.69, 9.17) is 10.2 Å². The normalized spacial score (nSPS) is 15.1. The summed E-state index contributed by atoms with van der Waals surface area (Å²) in [5, 5.41) is 17.1. The first-order chi connectivity index (χ1) is 4.00. The summed E-state index contributed by atoms with van der Waals surface area (Å²) in [6, 6.07) is 0. The van der Waals surface area contributed by atoms with Gasteiger partial charge in [-0.05, 0) is 6.42 Å². The molecule has 10 heavy (non-hydrogen) atoms. The SMILES string of the molecule is CCCC(O)(S)C(=O)O.[Cu]. The maximum Gasteiger partial charge on any atom is 0.346 e. The van der Waals surface area contributed by atoms with Gasteiger partial charge in [-0.15, -0.1) is 12.6 Å². The van der Waals surface area contributed by atoms with Crippen LogP contribution >= 0.6 is 12.6 Å². The van der Waals surface area contributed by atoms with Gasteiger partial charge in [-0.2, -0.15) is 0 Å². The molecule has 0 aromatic rings. The van der Waals surface area contributed by atoms with E-state index in [9.17, 15) is 4.79 Å². The van der Waals surface area contributed by atoms with Crippen LogP contribution in [0.25, 0.3) is 0 Å². The van der Waals surface area contributed by atoms with Crippen LogP contribution in [0.4, 0.5) is 0 Å². The number of thiol groups is 1. The molecule has 0 rings (SSSR count). The summed E-state index contributed by atoms with van der Waals surface area (Å²) in [6.45, 7) is 1.78. The van der Waals surface area contributed by atoms with Gasteiger partial charge in [-0.25, -0.2) is 4.79 Å². The van der Waals surface area contributed by atoms with Gasteiger partial charge >= 0.3 is 5.97 Å². The molecule has 0 saturated carbocycles. The number of rotatable bonds is 3. The first kappa shape index (κ1) is 12.9. The molecule has 2 N–H and O–H groups in total. The average Bonchev–Trinajstić information content (AvgIpc) is 1.65. The van der Waals surface area contributed by atoms with E-state index in [0.717, 1.165) is 0 Å². The fourth-order valence-electron chi connectivity index (χ4n) is 0.456. The van der Waals surface area contributed by atoms with E-state index in [2.05, 4.69) is 12.6 Å². The third-order valence-corrected chi connectivity index (χ3v) is 1.36. The van der Waals surface area contributed by atoms with Gasteiger partial charge in [0.1, 0.15) is 0 Å². The number of carbonyl (C=O) groups is 1. The van der Waals surface area contributed by atoms with Gasteiger partial charge in [0.2, 0.25) is 4.93 Å². The van der Waals surface area contributed by atoms with Gasteiger partial charge in [0, 0.05) is 17.1 Å². The Labute approximate surface area is 75.7 Å². The molecular formula is C5H10CuO3S. The van der Waals surface area contributed by atoms with Crippen LogP contribution in [-0.2, 0) is 21.9 Å². The Hall–Kier alpha value is 0.299. The Morgan fingerprint density at radius 3 is 2.20 bits per heavy atom. The summed E-state index contributed by atoms with van der Waals surface area (Å²) in [7, 11) is 0. The molecule has 0 heterocycles.